The van der Waals surface area contributed by atoms with E-state index in [2.05, 4.69) is 17.0 Å². The Kier molecular flexibility index (Phi) is 2.90. The van der Waals surface area contributed by atoms with Crippen molar-refractivity contribution in [3.05, 3.63) is 60.2 Å². The van der Waals surface area contributed by atoms with Gasteiger partial charge in [-0.15, -0.1) is 0 Å². The van der Waals surface area contributed by atoms with E-state index in [0.29, 0.717) is 6.61 Å². The summed E-state index contributed by atoms with van der Waals surface area (Å²) in [5, 5.41) is 9.93. The first-order valence-electron chi connectivity index (χ1n) is 6.07. The fourth-order valence-electron chi connectivity index (χ4n) is 2.31. The van der Waals surface area contributed by atoms with Crippen LogP contribution in [0.2, 0.25) is 0 Å². The van der Waals surface area contributed by atoms with E-state index >= 15 is 0 Å². The van der Waals surface area contributed by atoms with E-state index in [1.165, 1.54) is 0 Å². The molecular formula is C15H15NO2. The van der Waals surface area contributed by atoms with Gasteiger partial charge in [-0.2, -0.15) is 0 Å². The molecule has 2 aromatic carbocycles. The van der Waals surface area contributed by atoms with Crippen LogP contribution in [-0.4, -0.2) is 18.3 Å². The Morgan fingerprint density at radius 3 is 2.50 bits per heavy atom. The minimum absolute atomic E-state index is 0.200. The van der Waals surface area contributed by atoms with E-state index in [4.69, 9.17) is 4.74 Å². The smallest absolute Gasteiger partial charge is 0.160 e. The van der Waals surface area contributed by atoms with Crippen molar-refractivity contribution >= 4 is 5.69 Å². The Morgan fingerprint density at radius 1 is 1.00 bits per heavy atom. The zero-order valence-corrected chi connectivity index (χ0v) is 9.99. The summed E-state index contributed by atoms with van der Waals surface area (Å²) < 4.78 is 5.75. The van der Waals surface area contributed by atoms with E-state index in [-0.39, 0.29) is 12.0 Å². The maximum absolute atomic E-state index is 9.93. The van der Waals surface area contributed by atoms with Gasteiger partial charge in [0.1, 0.15) is 5.75 Å². The standard InChI is InChI=1S/C15H15NO2/c17-14-9-5-4-8-13(14)15-16(10-11-18-15)12-6-2-1-3-7-12/h1-9,15,17H,10-11H2. The summed E-state index contributed by atoms with van der Waals surface area (Å²) in [6.45, 7) is 1.51. The second-order valence-electron chi connectivity index (χ2n) is 4.31. The lowest BCUT2D eigenvalue weighted by Crippen LogP contribution is -2.23. The molecule has 92 valence electrons. The zero-order chi connectivity index (χ0) is 12.4. The zero-order valence-electron chi connectivity index (χ0n) is 9.99. The highest BCUT2D eigenvalue weighted by Crippen LogP contribution is 2.35. The molecule has 0 aromatic heterocycles. The molecule has 1 aliphatic heterocycles. The summed E-state index contributed by atoms with van der Waals surface area (Å²) in [5.41, 5.74) is 1.93. The van der Waals surface area contributed by atoms with Crippen LogP contribution in [0.1, 0.15) is 11.8 Å². The molecule has 1 N–H and O–H groups in total. The van der Waals surface area contributed by atoms with Crippen LogP contribution < -0.4 is 4.90 Å². The molecule has 1 fully saturated rings. The molecule has 1 atom stereocenters. The molecule has 0 radical (unpaired) electrons. The number of ether oxygens (including phenoxy) is 1. The number of anilines is 1. The van der Waals surface area contributed by atoms with Gasteiger partial charge in [-0.25, -0.2) is 0 Å². The highest BCUT2D eigenvalue weighted by molar-refractivity contribution is 5.50. The number of phenolic OH excluding ortho intramolecular Hbond substituents is 1. The predicted octanol–water partition coefficient (Wildman–Crippen LogP) is 2.93. The lowest BCUT2D eigenvalue weighted by Gasteiger charge is -2.25. The number of nitrogens with zero attached hydrogens (tertiary/aromatic N) is 1. The monoisotopic (exact) mass is 241 g/mol. The Hall–Kier alpha value is -2.00. The average molecular weight is 241 g/mol. The number of benzene rings is 2. The number of hydrogen-bond donors (Lipinski definition) is 1. The van der Waals surface area contributed by atoms with Gasteiger partial charge in [-0.3, -0.25) is 0 Å². The summed E-state index contributed by atoms with van der Waals surface area (Å²) in [5.74, 6) is 0.283. The van der Waals surface area contributed by atoms with Gasteiger partial charge in [0.05, 0.1) is 6.61 Å². The van der Waals surface area contributed by atoms with Crippen LogP contribution in [0.3, 0.4) is 0 Å². The van der Waals surface area contributed by atoms with Crippen molar-refractivity contribution < 1.29 is 9.84 Å². The molecule has 0 spiro atoms. The van der Waals surface area contributed by atoms with Gasteiger partial charge in [0.25, 0.3) is 0 Å². The van der Waals surface area contributed by atoms with Crippen molar-refractivity contribution in [3.63, 3.8) is 0 Å². The van der Waals surface area contributed by atoms with Crippen LogP contribution in [0.15, 0.2) is 54.6 Å². The summed E-state index contributed by atoms with van der Waals surface area (Å²) in [6.07, 6.45) is -0.200. The lowest BCUT2D eigenvalue weighted by molar-refractivity contribution is 0.111. The minimum Gasteiger partial charge on any atom is -0.507 e. The Bertz CT molecular complexity index is 527. The highest BCUT2D eigenvalue weighted by atomic mass is 16.5. The molecule has 1 aliphatic rings. The third-order valence-electron chi connectivity index (χ3n) is 3.18. The minimum atomic E-state index is -0.200. The van der Waals surface area contributed by atoms with Gasteiger partial charge in [-0.1, -0.05) is 36.4 Å². The number of hydrogen-bond acceptors (Lipinski definition) is 3. The van der Waals surface area contributed by atoms with E-state index in [1.807, 2.05) is 36.4 Å². The first kappa shape index (κ1) is 11.1. The van der Waals surface area contributed by atoms with Crippen LogP contribution in [0, 0.1) is 0 Å². The quantitative estimate of drug-likeness (QED) is 0.877. The third kappa shape index (κ3) is 1.93. The average Bonchev–Trinajstić information content (AvgIpc) is 2.89. The van der Waals surface area contributed by atoms with Crippen molar-refractivity contribution in [2.45, 2.75) is 6.23 Å². The van der Waals surface area contributed by atoms with Gasteiger partial charge < -0.3 is 14.7 Å². The molecule has 3 nitrogen and oxygen atoms in total. The third-order valence-corrected chi connectivity index (χ3v) is 3.18. The maximum atomic E-state index is 9.93. The van der Waals surface area contributed by atoms with Crippen LogP contribution >= 0.6 is 0 Å². The topological polar surface area (TPSA) is 32.7 Å². The van der Waals surface area contributed by atoms with Gasteiger partial charge in [0, 0.05) is 17.8 Å². The Balaban J connectivity index is 1.95. The maximum Gasteiger partial charge on any atom is 0.160 e. The first-order chi connectivity index (χ1) is 8.86. The molecule has 1 saturated heterocycles. The molecule has 0 saturated carbocycles. The van der Waals surface area contributed by atoms with E-state index in [1.54, 1.807) is 6.07 Å². The number of rotatable bonds is 2. The largest absolute Gasteiger partial charge is 0.507 e. The highest BCUT2D eigenvalue weighted by Gasteiger charge is 2.28. The lowest BCUT2D eigenvalue weighted by atomic mass is 10.1. The number of para-hydroxylation sites is 2. The molecule has 3 heteroatoms. The van der Waals surface area contributed by atoms with Gasteiger partial charge >= 0.3 is 0 Å². The van der Waals surface area contributed by atoms with Crippen molar-refractivity contribution in [2.24, 2.45) is 0 Å². The van der Waals surface area contributed by atoms with Crippen LogP contribution in [-0.2, 0) is 4.74 Å². The van der Waals surface area contributed by atoms with Crippen LogP contribution in [0.4, 0.5) is 5.69 Å². The van der Waals surface area contributed by atoms with Gasteiger partial charge in [0.2, 0.25) is 0 Å². The molecule has 0 amide bonds. The van der Waals surface area contributed by atoms with E-state index in [9.17, 15) is 5.11 Å². The second-order valence-corrected chi connectivity index (χ2v) is 4.31. The predicted molar refractivity (Wildman–Crippen MR) is 70.6 cm³/mol. The molecular weight excluding hydrogens is 226 g/mol. The molecule has 1 unspecified atom stereocenters. The van der Waals surface area contributed by atoms with Crippen molar-refractivity contribution in [3.8, 4) is 5.75 Å². The fraction of sp³-hybridized carbons (Fsp3) is 0.200. The van der Waals surface area contributed by atoms with Crippen LogP contribution in [0.25, 0.3) is 0 Å². The van der Waals surface area contributed by atoms with Gasteiger partial charge in [-0.05, 0) is 18.2 Å². The molecule has 3 rings (SSSR count). The summed E-state index contributed by atoms with van der Waals surface area (Å²) in [4.78, 5) is 2.16. The van der Waals surface area contributed by atoms with Gasteiger partial charge in [0.15, 0.2) is 6.23 Å². The fourth-order valence-corrected chi connectivity index (χ4v) is 2.31. The number of aromatic hydroxyl groups is 1. The van der Waals surface area contributed by atoms with E-state index < -0.39 is 0 Å². The van der Waals surface area contributed by atoms with Crippen molar-refractivity contribution in [1.29, 1.82) is 0 Å². The van der Waals surface area contributed by atoms with E-state index in [0.717, 1.165) is 17.8 Å². The second kappa shape index (κ2) is 4.70. The van der Waals surface area contributed by atoms with Crippen LogP contribution in [0.5, 0.6) is 5.75 Å². The molecule has 0 aliphatic carbocycles. The molecule has 0 bridgehead atoms. The van der Waals surface area contributed by atoms with Crippen molar-refractivity contribution in [1.82, 2.24) is 0 Å². The summed E-state index contributed by atoms with van der Waals surface area (Å²) in [7, 11) is 0. The first-order valence-corrected chi connectivity index (χ1v) is 6.07. The number of phenols is 1. The normalized spacial score (nSPS) is 19.1. The summed E-state index contributed by atoms with van der Waals surface area (Å²) >= 11 is 0. The molecule has 18 heavy (non-hydrogen) atoms. The Labute approximate surface area is 106 Å². The SMILES string of the molecule is Oc1ccccc1C1OCCN1c1ccccc1. The van der Waals surface area contributed by atoms with Crippen molar-refractivity contribution in [2.75, 3.05) is 18.1 Å². The molecule has 2 aromatic rings. The Morgan fingerprint density at radius 2 is 1.72 bits per heavy atom. The summed E-state index contributed by atoms with van der Waals surface area (Å²) in [6, 6.07) is 17.5. The molecule has 1 heterocycles.